The van der Waals surface area contributed by atoms with E-state index in [1.54, 1.807) is 11.6 Å². The number of hydrogen-bond donors (Lipinski definition) is 1. The normalized spacial score (nSPS) is 15.2. The number of nitrogens with zero attached hydrogens (tertiary/aromatic N) is 6. The molecule has 1 N–H and O–H groups in total. The van der Waals surface area contributed by atoms with Gasteiger partial charge in [0.25, 0.3) is 5.56 Å². The summed E-state index contributed by atoms with van der Waals surface area (Å²) in [6, 6.07) is 3.84. The second-order valence-corrected chi connectivity index (χ2v) is 10.9. The Kier molecular flexibility index (Phi) is 6.57. The van der Waals surface area contributed by atoms with Crippen LogP contribution in [0.3, 0.4) is 0 Å². The zero-order valence-corrected chi connectivity index (χ0v) is 22.0. The average Bonchev–Trinajstić information content (AvgIpc) is 3.20. The molecule has 1 fully saturated rings. The van der Waals surface area contributed by atoms with Crippen LogP contribution in [0.2, 0.25) is 0 Å². The third kappa shape index (κ3) is 4.51. The van der Waals surface area contributed by atoms with Gasteiger partial charge in [-0.1, -0.05) is 13.8 Å². The molecular weight excluding hydrogens is 477 g/mol. The summed E-state index contributed by atoms with van der Waals surface area (Å²) in [5, 5.41) is 12.4. The molecule has 0 bridgehead atoms. The number of likely N-dealkylation sites (tertiary alicyclic amines) is 1. The maximum Gasteiger partial charge on any atom is 0.259 e. The molecule has 0 unspecified atom stereocenters. The summed E-state index contributed by atoms with van der Waals surface area (Å²) in [7, 11) is 3.88. The SMILES string of the molecule is Cc1c(-c2nc(Nc3ccc(C4CCN(C)CC4)nn3)ncc2F)sc2c(C(C)C)cn(C)c(=O)c12. The van der Waals surface area contributed by atoms with Crippen molar-refractivity contribution < 1.29 is 4.39 Å². The van der Waals surface area contributed by atoms with Gasteiger partial charge in [0.05, 0.1) is 22.2 Å². The number of anilines is 2. The van der Waals surface area contributed by atoms with Crippen LogP contribution < -0.4 is 10.9 Å². The highest BCUT2D eigenvalue weighted by Crippen LogP contribution is 2.40. The van der Waals surface area contributed by atoms with E-state index in [1.807, 2.05) is 25.3 Å². The molecule has 0 saturated carbocycles. The lowest BCUT2D eigenvalue weighted by Crippen LogP contribution is -2.29. The molecule has 0 radical (unpaired) electrons. The van der Waals surface area contributed by atoms with Crippen molar-refractivity contribution in [1.29, 1.82) is 0 Å². The minimum atomic E-state index is -0.540. The van der Waals surface area contributed by atoms with Crippen LogP contribution in [0.4, 0.5) is 16.2 Å². The molecule has 1 saturated heterocycles. The minimum Gasteiger partial charge on any atom is -0.318 e. The van der Waals surface area contributed by atoms with Crippen molar-refractivity contribution in [2.45, 2.75) is 45.4 Å². The molecule has 0 spiro atoms. The Balaban J connectivity index is 1.46. The number of aryl methyl sites for hydroxylation is 2. The maximum atomic E-state index is 15.0. The highest BCUT2D eigenvalue weighted by Gasteiger charge is 2.23. The molecule has 5 heterocycles. The number of rotatable bonds is 5. The molecule has 0 amide bonds. The standard InChI is InChI=1S/C26H30FN7OS/c1-14(2)17-13-34(5)25(35)21-15(3)23(36-24(17)21)22-18(27)12-28-26(30-22)29-20-7-6-19(31-32-20)16-8-10-33(4)11-9-16/h6-7,12-14,16H,8-11H2,1-5H3,(H,28,29,30,32). The predicted molar refractivity (Wildman–Crippen MR) is 142 cm³/mol. The van der Waals surface area contributed by atoms with E-state index in [4.69, 9.17) is 0 Å². The molecule has 4 aromatic heterocycles. The number of nitrogens with one attached hydrogen (secondary N) is 1. The van der Waals surface area contributed by atoms with Gasteiger partial charge in [-0.2, -0.15) is 5.10 Å². The molecule has 0 aromatic carbocycles. The van der Waals surface area contributed by atoms with Crippen LogP contribution in [0, 0.1) is 12.7 Å². The van der Waals surface area contributed by atoms with Crippen LogP contribution in [0.15, 0.2) is 29.3 Å². The number of halogens is 1. The van der Waals surface area contributed by atoms with Gasteiger partial charge in [0.2, 0.25) is 5.95 Å². The molecule has 8 nitrogen and oxygen atoms in total. The zero-order valence-electron chi connectivity index (χ0n) is 21.2. The smallest absolute Gasteiger partial charge is 0.259 e. The van der Waals surface area contributed by atoms with E-state index >= 15 is 0 Å². The molecule has 0 atom stereocenters. The highest BCUT2D eigenvalue weighted by atomic mass is 32.1. The Morgan fingerprint density at radius 3 is 2.58 bits per heavy atom. The van der Waals surface area contributed by atoms with E-state index in [2.05, 4.69) is 51.3 Å². The quantitative estimate of drug-likeness (QED) is 0.408. The van der Waals surface area contributed by atoms with Crippen molar-refractivity contribution in [2.75, 3.05) is 25.5 Å². The van der Waals surface area contributed by atoms with E-state index in [9.17, 15) is 9.18 Å². The fraction of sp³-hybridized carbons (Fsp3) is 0.423. The first-order chi connectivity index (χ1) is 17.2. The minimum absolute atomic E-state index is 0.0952. The summed E-state index contributed by atoms with van der Waals surface area (Å²) in [6.07, 6.45) is 5.15. The summed E-state index contributed by atoms with van der Waals surface area (Å²) in [4.78, 5) is 24.5. The Labute approximate surface area is 213 Å². The van der Waals surface area contributed by atoms with E-state index in [1.165, 1.54) is 11.3 Å². The van der Waals surface area contributed by atoms with Gasteiger partial charge < -0.3 is 14.8 Å². The summed E-state index contributed by atoms with van der Waals surface area (Å²) in [5.41, 5.74) is 2.84. The van der Waals surface area contributed by atoms with Crippen molar-refractivity contribution in [3.63, 3.8) is 0 Å². The lowest BCUT2D eigenvalue weighted by atomic mass is 9.94. The van der Waals surface area contributed by atoms with E-state index in [0.717, 1.165) is 53.6 Å². The van der Waals surface area contributed by atoms with Gasteiger partial charge >= 0.3 is 0 Å². The largest absolute Gasteiger partial charge is 0.318 e. The second kappa shape index (κ2) is 9.67. The lowest BCUT2D eigenvalue weighted by Gasteiger charge is -2.28. The Bertz CT molecular complexity index is 1470. The Morgan fingerprint density at radius 2 is 1.92 bits per heavy atom. The molecule has 188 valence electrons. The molecular formula is C26H30FN7OS. The number of thiophene rings is 1. The van der Waals surface area contributed by atoms with Gasteiger partial charge in [0.1, 0.15) is 5.69 Å². The number of pyridine rings is 1. The van der Waals surface area contributed by atoms with Gasteiger partial charge in [0.15, 0.2) is 11.6 Å². The lowest BCUT2D eigenvalue weighted by molar-refractivity contribution is 0.253. The number of fused-ring (bicyclic) bond motifs is 1. The molecule has 1 aliphatic rings. The van der Waals surface area contributed by atoms with Crippen LogP contribution >= 0.6 is 11.3 Å². The van der Waals surface area contributed by atoms with Crippen molar-refractivity contribution >= 4 is 33.2 Å². The number of aromatic nitrogens is 5. The topological polar surface area (TPSA) is 88.8 Å². The van der Waals surface area contributed by atoms with Crippen LogP contribution in [0.25, 0.3) is 20.7 Å². The van der Waals surface area contributed by atoms with Crippen LogP contribution in [0.5, 0.6) is 0 Å². The van der Waals surface area contributed by atoms with Crippen molar-refractivity contribution in [3.05, 3.63) is 57.5 Å². The van der Waals surface area contributed by atoms with E-state index in [0.29, 0.717) is 22.0 Å². The van der Waals surface area contributed by atoms with E-state index in [-0.39, 0.29) is 23.1 Å². The third-order valence-corrected chi connectivity index (χ3v) is 8.27. The summed E-state index contributed by atoms with van der Waals surface area (Å²) in [6.45, 7) is 8.13. The average molecular weight is 508 g/mol. The van der Waals surface area contributed by atoms with Crippen LogP contribution in [0.1, 0.15) is 55.3 Å². The van der Waals surface area contributed by atoms with Crippen molar-refractivity contribution in [3.8, 4) is 10.6 Å². The summed E-state index contributed by atoms with van der Waals surface area (Å²) < 4.78 is 17.4. The number of hydrogen-bond acceptors (Lipinski definition) is 8. The van der Waals surface area contributed by atoms with Gasteiger partial charge in [-0.3, -0.25) is 4.79 Å². The molecule has 5 rings (SSSR count). The number of piperidine rings is 1. The maximum absolute atomic E-state index is 15.0. The van der Waals surface area contributed by atoms with Gasteiger partial charge in [-0.15, -0.1) is 16.4 Å². The fourth-order valence-corrected chi connectivity index (χ4v) is 6.19. The zero-order chi connectivity index (χ0) is 25.6. The molecule has 4 aromatic rings. The fourth-order valence-electron chi connectivity index (χ4n) is 4.75. The van der Waals surface area contributed by atoms with Crippen molar-refractivity contribution in [2.24, 2.45) is 7.05 Å². The first-order valence-electron chi connectivity index (χ1n) is 12.2. The Hall–Kier alpha value is -3.24. The second-order valence-electron chi connectivity index (χ2n) is 9.85. The molecule has 1 aliphatic heterocycles. The highest BCUT2D eigenvalue weighted by molar-refractivity contribution is 7.22. The van der Waals surface area contributed by atoms with Crippen molar-refractivity contribution in [1.82, 2.24) is 29.6 Å². The van der Waals surface area contributed by atoms with Gasteiger partial charge in [0, 0.05) is 23.9 Å². The first-order valence-corrected chi connectivity index (χ1v) is 13.0. The van der Waals surface area contributed by atoms with E-state index < -0.39 is 5.82 Å². The molecule has 0 aliphatic carbocycles. The molecule has 36 heavy (non-hydrogen) atoms. The Morgan fingerprint density at radius 1 is 1.17 bits per heavy atom. The summed E-state index contributed by atoms with van der Waals surface area (Å²) >= 11 is 1.40. The van der Waals surface area contributed by atoms with Gasteiger partial charge in [-0.05, 0) is 69.1 Å². The third-order valence-electron chi connectivity index (χ3n) is 6.92. The van der Waals surface area contributed by atoms with Crippen LogP contribution in [-0.2, 0) is 7.05 Å². The monoisotopic (exact) mass is 507 g/mol. The van der Waals surface area contributed by atoms with Crippen LogP contribution in [-0.4, -0.2) is 49.8 Å². The predicted octanol–water partition coefficient (Wildman–Crippen LogP) is 4.97. The summed E-state index contributed by atoms with van der Waals surface area (Å²) in [5.74, 6) is 0.807. The molecule has 10 heteroatoms. The first kappa shape index (κ1) is 24.5. The van der Waals surface area contributed by atoms with Gasteiger partial charge in [-0.25, -0.2) is 14.4 Å².